The standard InChI is InChI=1S/C25H26N2O2/c28-21-15-25-12-6-14-26(24(21)29)23(25)22-18-9-4-5-10-19(18)27(20(22)11-13-25)16-17-7-2-1-3-8-17/h1-5,7-10,21,23,28H,6,11-16H2/t21-,23-,25-/m1/s1. The molecule has 3 aromatic rings. The van der Waals surface area contributed by atoms with Crippen LogP contribution in [0.15, 0.2) is 54.6 Å². The summed E-state index contributed by atoms with van der Waals surface area (Å²) in [6.45, 7) is 1.62. The number of piperidine rings is 2. The molecule has 1 amide bonds. The Bertz CT molecular complexity index is 1100. The largest absolute Gasteiger partial charge is 0.383 e. The van der Waals surface area contributed by atoms with Gasteiger partial charge in [0.15, 0.2) is 0 Å². The molecule has 3 heterocycles. The lowest BCUT2D eigenvalue weighted by molar-refractivity contribution is -0.166. The van der Waals surface area contributed by atoms with Crippen LogP contribution in [0, 0.1) is 5.41 Å². The summed E-state index contributed by atoms with van der Waals surface area (Å²) >= 11 is 0. The summed E-state index contributed by atoms with van der Waals surface area (Å²) < 4.78 is 2.47. The number of amides is 1. The predicted octanol–water partition coefficient (Wildman–Crippen LogP) is 4.05. The maximum atomic E-state index is 12.9. The Balaban J connectivity index is 1.57. The number of para-hydroxylation sites is 1. The Hall–Kier alpha value is -2.59. The summed E-state index contributed by atoms with van der Waals surface area (Å²) in [5, 5.41) is 11.8. The molecule has 2 aromatic carbocycles. The zero-order valence-corrected chi connectivity index (χ0v) is 16.6. The van der Waals surface area contributed by atoms with Gasteiger partial charge in [-0.25, -0.2) is 0 Å². The van der Waals surface area contributed by atoms with Gasteiger partial charge in [0.1, 0.15) is 6.10 Å². The van der Waals surface area contributed by atoms with Gasteiger partial charge in [0.2, 0.25) is 0 Å². The normalized spacial score (nSPS) is 28.3. The highest BCUT2D eigenvalue weighted by atomic mass is 16.3. The summed E-state index contributed by atoms with van der Waals surface area (Å²) in [5.41, 5.74) is 5.32. The minimum absolute atomic E-state index is 0.0281. The number of carbonyl (C=O) groups is 1. The quantitative estimate of drug-likeness (QED) is 0.722. The number of aromatic nitrogens is 1. The second-order valence-corrected chi connectivity index (χ2v) is 9.07. The molecule has 1 aliphatic carbocycles. The average molecular weight is 386 g/mol. The van der Waals surface area contributed by atoms with Crippen molar-refractivity contribution in [3.63, 3.8) is 0 Å². The molecule has 2 fully saturated rings. The van der Waals surface area contributed by atoms with E-state index >= 15 is 0 Å². The van der Waals surface area contributed by atoms with Crippen LogP contribution in [0.25, 0.3) is 10.9 Å². The summed E-state index contributed by atoms with van der Waals surface area (Å²) in [6, 6.07) is 19.4. The Morgan fingerprint density at radius 2 is 1.83 bits per heavy atom. The van der Waals surface area contributed by atoms with Crippen molar-refractivity contribution >= 4 is 16.8 Å². The molecule has 0 radical (unpaired) electrons. The van der Waals surface area contributed by atoms with E-state index in [9.17, 15) is 9.90 Å². The molecule has 1 aromatic heterocycles. The fourth-order valence-corrected chi connectivity index (χ4v) is 6.41. The summed E-state index contributed by atoms with van der Waals surface area (Å²) in [5.74, 6) is -0.0712. The SMILES string of the molecule is O=C1[C@H](O)C[C@]23CCCN1[C@@H]2c1c(n(Cc2ccccc2)c2ccccc12)CC3. The zero-order valence-electron chi connectivity index (χ0n) is 16.6. The Morgan fingerprint density at radius 3 is 2.69 bits per heavy atom. The molecule has 1 N–H and O–H groups in total. The maximum absolute atomic E-state index is 12.9. The Labute approximate surface area is 170 Å². The highest BCUT2D eigenvalue weighted by molar-refractivity contribution is 5.89. The number of hydrogen-bond acceptors (Lipinski definition) is 2. The van der Waals surface area contributed by atoms with E-state index < -0.39 is 6.10 Å². The highest BCUT2D eigenvalue weighted by Gasteiger charge is 2.56. The second-order valence-electron chi connectivity index (χ2n) is 9.07. The maximum Gasteiger partial charge on any atom is 0.251 e. The third-order valence-corrected chi connectivity index (χ3v) is 7.57. The van der Waals surface area contributed by atoms with Crippen molar-refractivity contribution in [2.24, 2.45) is 5.41 Å². The molecule has 2 bridgehead atoms. The van der Waals surface area contributed by atoms with Crippen LogP contribution < -0.4 is 0 Å². The predicted molar refractivity (Wildman–Crippen MR) is 113 cm³/mol. The first-order chi connectivity index (χ1) is 14.2. The molecular weight excluding hydrogens is 360 g/mol. The van der Waals surface area contributed by atoms with Crippen molar-refractivity contribution in [1.82, 2.24) is 9.47 Å². The van der Waals surface area contributed by atoms with E-state index in [2.05, 4.69) is 59.2 Å². The van der Waals surface area contributed by atoms with Gasteiger partial charge in [-0.1, -0.05) is 48.5 Å². The first-order valence-electron chi connectivity index (χ1n) is 10.8. The van der Waals surface area contributed by atoms with Gasteiger partial charge in [-0.3, -0.25) is 4.79 Å². The van der Waals surface area contributed by atoms with Gasteiger partial charge in [-0.05, 0) is 49.1 Å². The van der Waals surface area contributed by atoms with Crippen LogP contribution in [-0.4, -0.2) is 33.1 Å². The van der Waals surface area contributed by atoms with E-state index in [4.69, 9.17) is 0 Å². The first kappa shape index (κ1) is 17.3. The van der Waals surface area contributed by atoms with Gasteiger partial charge in [0, 0.05) is 35.2 Å². The van der Waals surface area contributed by atoms with Gasteiger partial charge in [0.05, 0.1) is 6.04 Å². The summed E-state index contributed by atoms with van der Waals surface area (Å²) in [6.07, 6.45) is 4.01. The van der Waals surface area contributed by atoms with Gasteiger partial charge >= 0.3 is 0 Å². The van der Waals surface area contributed by atoms with Crippen LogP contribution in [0.3, 0.4) is 0 Å². The number of benzene rings is 2. The van der Waals surface area contributed by atoms with Crippen molar-refractivity contribution in [3.05, 3.63) is 71.4 Å². The van der Waals surface area contributed by atoms with Crippen LogP contribution in [0.4, 0.5) is 0 Å². The first-order valence-corrected chi connectivity index (χ1v) is 10.8. The number of fused-ring (bicyclic) bond motifs is 3. The number of aliphatic hydroxyl groups excluding tert-OH is 1. The fraction of sp³-hybridized carbons (Fsp3) is 0.400. The lowest BCUT2D eigenvalue weighted by Gasteiger charge is -2.57. The number of aliphatic hydroxyl groups is 1. The third-order valence-electron chi connectivity index (χ3n) is 7.57. The molecular formula is C25H26N2O2. The molecule has 4 nitrogen and oxygen atoms in total. The Kier molecular flexibility index (Phi) is 3.70. The second kappa shape index (κ2) is 6.20. The smallest absolute Gasteiger partial charge is 0.251 e. The van der Waals surface area contributed by atoms with Crippen LogP contribution in [0.2, 0.25) is 0 Å². The van der Waals surface area contributed by atoms with Gasteiger partial charge in [-0.15, -0.1) is 0 Å². The van der Waals surface area contributed by atoms with E-state index in [1.165, 1.54) is 27.7 Å². The molecule has 2 aliphatic heterocycles. The van der Waals surface area contributed by atoms with Crippen molar-refractivity contribution < 1.29 is 9.90 Å². The number of nitrogens with zero attached hydrogens (tertiary/aromatic N) is 2. The lowest BCUT2D eigenvalue weighted by Crippen LogP contribution is -2.59. The molecule has 0 unspecified atom stereocenters. The number of carbonyl (C=O) groups excluding carboxylic acids is 1. The number of rotatable bonds is 2. The van der Waals surface area contributed by atoms with E-state index in [0.717, 1.165) is 38.8 Å². The van der Waals surface area contributed by atoms with E-state index in [1.807, 2.05) is 4.90 Å². The third kappa shape index (κ3) is 2.39. The zero-order chi connectivity index (χ0) is 19.6. The summed E-state index contributed by atoms with van der Waals surface area (Å²) in [7, 11) is 0. The average Bonchev–Trinajstić information content (AvgIpc) is 3.06. The molecule has 0 saturated carbocycles. The topological polar surface area (TPSA) is 45.5 Å². The van der Waals surface area contributed by atoms with E-state index in [-0.39, 0.29) is 17.4 Å². The summed E-state index contributed by atoms with van der Waals surface area (Å²) in [4.78, 5) is 14.9. The molecule has 29 heavy (non-hydrogen) atoms. The number of hydrogen-bond donors (Lipinski definition) is 1. The lowest BCUT2D eigenvalue weighted by atomic mass is 9.59. The molecule has 148 valence electrons. The molecule has 3 aliphatic rings. The molecule has 3 atom stereocenters. The van der Waals surface area contributed by atoms with Crippen molar-refractivity contribution in [3.8, 4) is 0 Å². The van der Waals surface area contributed by atoms with Gasteiger partial charge in [-0.2, -0.15) is 0 Å². The van der Waals surface area contributed by atoms with Crippen LogP contribution >= 0.6 is 0 Å². The molecule has 6 rings (SSSR count). The monoisotopic (exact) mass is 386 g/mol. The van der Waals surface area contributed by atoms with E-state index in [0.29, 0.717) is 6.42 Å². The van der Waals surface area contributed by atoms with Crippen molar-refractivity contribution in [1.29, 1.82) is 0 Å². The minimum atomic E-state index is -0.828. The fourth-order valence-electron chi connectivity index (χ4n) is 6.41. The van der Waals surface area contributed by atoms with Crippen molar-refractivity contribution in [2.45, 2.75) is 50.8 Å². The van der Waals surface area contributed by atoms with E-state index in [1.54, 1.807) is 0 Å². The Morgan fingerprint density at radius 1 is 1.03 bits per heavy atom. The molecule has 0 spiro atoms. The molecule has 2 saturated heterocycles. The molecule has 4 heteroatoms. The van der Waals surface area contributed by atoms with Crippen LogP contribution in [-0.2, 0) is 17.8 Å². The van der Waals surface area contributed by atoms with Crippen LogP contribution in [0.1, 0.15) is 48.5 Å². The van der Waals surface area contributed by atoms with Gasteiger partial charge in [0.25, 0.3) is 5.91 Å². The van der Waals surface area contributed by atoms with Crippen LogP contribution in [0.5, 0.6) is 0 Å². The highest BCUT2D eigenvalue weighted by Crippen LogP contribution is 2.59. The van der Waals surface area contributed by atoms with Gasteiger partial charge < -0.3 is 14.6 Å². The van der Waals surface area contributed by atoms with Crippen molar-refractivity contribution in [2.75, 3.05) is 6.54 Å². The minimum Gasteiger partial charge on any atom is -0.383 e.